The molecule has 0 saturated carbocycles. The maximum Gasteiger partial charge on any atom is 0.312 e. The minimum Gasteiger partial charge on any atom is -0.462 e. The smallest absolute Gasteiger partial charge is 0.312 e. The molecule has 44 heavy (non-hydrogen) atoms. The van der Waals surface area contributed by atoms with Gasteiger partial charge >= 0.3 is 23.9 Å². The van der Waals surface area contributed by atoms with E-state index >= 15 is 0 Å². The Morgan fingerprint density at radius 2 is 1.20 bits per heavy atom. The lowest BCUT2D eigenvalue weighted by molar-refractivity contribution is -0.336. The highest BCUT2D eigenvalue weighted by Gasteiger charge is 2.66. The number of esters is 4. The molecule has 0 aliphatic carbocycles. The number of carbonyl (C=O) groups excluding carboxylic acids is 4. The zero-order chi connectivity index (χ0) is 34.2. The molecule has 2 rings (SSSR count). The summed E-state index contributed by atoms with van der Waals surface area (Å²) < 4.78 is 29.7. The van der Waals surface area contributed by atoms with Crippen LogP contribution in [-0.2, 0) is 48.5 Å². The van der Waals surface area contributed by atoms with E-state index in [4.69, 9.17) is 35.2 Å². The normalized spacial score (nSPS) is 24.7. The Labute approximate surface area is 260 Å². The standard InChI is InChI=1S/C32H50N2O10/c1-28(2,3)24(36)40-16-19-21(42-25(37)29(4,5)6)32(44-27(39)31(10,11)12,17-14-13-15-18(33)20(17)34)22(23(35)41-19)43-26(38)30(7,8)9/h13-15,19,21-23,35H,16,33-34H2,1-12H3/t19-,21-,22+,23-,32+/m1/s1. The number of anilines is 2. The average molecular weight is 623 g/mol. The van der Waals surface area contributed by atoms with Crippen LogP contribution < -0.4 is 11.5 Å². The van der Waals surface area contributed by atoms with Crippen molar-refractivity contribution in [3.05, 3.63) is 23.8 Å². The van der Waals surface area contributed by atoms with Crippen molar-refractivity contribution >= 4 is 35.3 Å². The number of aliphatic hydroxyl groups excluding tert-OH is 1. The highest BCUT2D eigenvalue weighted by molar-refractivity contribution is 5.80. The van der Waals surface area contributed by atoms with Crippen molar-refractivity contribution in [1.82, 2.24) is 0 Å². The van der Waals surface area contributed by atoms with Gasteiger partial charge in [0.05, 0.1) is 33.0 Å². The number of rotatable bonds is 6. The monoisotopic (exact) mass is 622 g/mol. The molecular formula is C32H50N2O10. The van der Waals surface area contributed by atoms with Gasteiger partial charge in [-0.25, -0.2) is 0 Å². The topological polar surface area (TPSA) is 187 Å². The van der Waals surface area contributed by atoms with E-state index in [9.17, 15) is 24.3 Å². The van der Waals surface area contributed by atoms with E-state index < -0.39 is 82.3 Å². The second kappa shape index (κ2) is 12.5. The third kappa shape index (κ3) is 8.01. The molecule has 1 fully saturated rings. The molecule has 12 heteroatoms. The third-order valence-corrected chi connectivity index (χ3v) is 6.87. The van der Waals surface area contributed by atoms with Crippen molar-refractivity contribution in [2.75, 3.05) is 18.1 Å². The van der Waals surface area contributed by atoms with Crippen molar-refractivity contribution in [2.45, 2.75) is 113 Å². The molecule has 248 valence electrons. The van der Waals surface area contributed by atoms with Crippen LogP contribution in [-0.4, -0.2) is 60.2 Å². The maximum absolute atomic E-state index is 13.8. The minimum absolute atomic E-state index is 0.0111. The predicted molar refractivity (Wildman–Crippen MR) is 162 cm³/mol. The largest absolute Gasteiger partial charge is 0.462 e. The van der Waals surface area contributed by atoms with Crippen LogP contribution in [0.25, 0.3) is 0 Å². The van der Waals surface area contributed by atoms with Gasteiger partial charge in [0.25, 0.3) is 0 Å². The lowest BCUT2D eigenvalue weighted by atomic mass is 9.76. The van der Waals surface area contributed by atoms with Gasteiger partial charge in [0.15, 0.2) is 18.5 Å². The van der Waals surface area contributed by atoms with Gasteiger partial charge in [-0.1, -0.05) is 12.1 Å². The Morgan fingerprint density at radius 3 is 1.66 bits per heavy atom. The SMILES string of the molecule is CC(C)(C)C(=O)OC[C@H]1O[C@@H](O)[C@H](OC(=O)C(C)(C)C)[C@](OC(=O)C(C)(C)C)(c2cccc(N)c2N)[C@@H]1OC(=O)C(C)(C)C. The first kappa shape index (κ1) is 36.8. The average Bonchev–Trinajstić information content (AvgIpc) is 2.85. The molecule has 1 aliphatic heterocycles. The first-order valence-corrected chi connectivity index (χ1v) is 14.6. The zero-order valence-corrected chi connectivity index (χ0v) is 28.0. The van der Waals surface area contributed by atoms with Gasteiger partial charge in [0, 0.05) is 5.56 Å². The van der Waals surface area contributed by atoms with Gasteiger partial charge in [0.2, 0.25) is 5.60 Å². The van der Waals surface area contributed by atoms with Gasteiger partial charge in [-0.2, -0.15) is 0 Å². The molecular weight excluding hydrogens is 572 g/mol. The van der Waals surface area contributed by atoms with Crippen LogP contribution in [0.2, 0.25) is 0 Å². The Balaban J connectivity index is 3.03. The molecule has 1 aliphatic rings. The van der Waals surface area contributed by atoms with Crippen molar-refractivity contribution in [2.24, 2.45) is 21.7 Å². The number of hydrogen-bond donors (Lipinski definition) is 3. The summed E-state index contributed by atoms with van der Waals surface area (Å²) in [7, 11) is 0. The van der Waals surface area contributed by atoms with Crippen LogP contribution in [0.1, 0.15) is 88.6 Å². The highest BCUT2D eigenvalue weighted by Crippen LogP contribution is 2.49. The summed E-state index contributed by atoms with van der Waals surface area (Å²) in [6.45, 7) is 18.8. The molecule has 0 bridgehead atoms. The van der Waals surface area contributed by atoms with Crippen molar-refractivity contribution in [3.8, 4) is 0 Å². The fourth-order valence-corrected chi connectivity index (χ4v) is 4.07. The molecule has 0 amide bonds. The van der Waals surface area contributed by atoms with Crippen LogP contribution in [0.4, 0.5) is 11.4 Å². The first-order chi connectivity index (χ1) is 19.7. The van der Waals surface area contributed by atoms with Crippen molar-refractivity contribution in [1.29, 1.82) is 0 Å². The maximum atomic E-state index is 13.8. The van der Waals surface area contributed by atoms with Crippen LogP contribution in [0.15, 0.2) is 18.2 Å². The minimum atomic E-state index is -2.33. The summed E-state index contributed by atoms with van der Waals surface area (Å²) in [6, 6.07) is 4.49. The third-order valence-electron chi connectivity index (χ3n) is 6.87. The second-order valence-electron chi connectivity index (χ2n) is 15.3. The van der Waals surface area contributed by atoms with Gasteiger partial charge in [0.1, 0.15) is 12.7 Å². The van der Waals surface area contributed by atoms with E-state index in [1.165, 1.54) is 18.2 Å². The Bertz CT molecular complexity index is 1250. The molecule has 1 heterocycles. The summed E-state index contributed by atoms with van der Waals surface area (Å²) in [5.74, 6) is -2.97. The quantitative estimate of drug-likeness (QED) is 0.237. The lowest BCUT2D eigenvalue weighted by Crippen LogP contribution is -2.69. The molecule has 5 N–H and O–H groups in total. The van der Waals surface area contributed by atoms with Gasteiger partial charge in [-0.05, 0) is 89.2 Å². The Morgan fingerprint density at radius 1 is 0.750 bits per heavy atom. The number of benzene rings is 1. The lowest BCUT2D eigenvalue weighted by Gasteiger charge is -2.52. The summed E-state index contributed by atoms with van der Waals surface area (Å²) in [5, 5.41) is 11.5. The van der Waals surface area contributed by atoms with Crippen LogP contribution in [0, 0.1) is 21.7 Å². The number of hydrogen-bond acceptors (Lipinski definition) is 12. The molecule has 1 aromatic carbocycles. The van der Waals surface area contributed by atoms with E-state index in [1.54, 1.807) is 83.1 Å². The first-order valence-electron chi connectivity index (χ1n) is 14.6. The van der Waals surface area contributed by atoms with E-state index in [0.717, 1.165) is 0 Å². The van der Waals surface area contributed by atoms with Crippen LogP contribution >= 0.6 is 0 Å². The van der Waals surface area contributed by atoms with E-state index in [0.29, 0.717) is 0 Å². The number of ether oxygens (including phenoxy) is 5. The predicted octanol–water partition coefficient (Wildman–Crippen LogP) is 3.86. The molecule has 0 radical (unpaired) electrons. The van der Waals surface area contributed by atoms with Crippen molar-refractivity contribution in [3.63, 3.8) is 0 Å². The second-order valence-corrected chi connectivity index (χ2v) is 15.3. The molecule has 0 aromatic heterocycles. The molecule has 12 nitrogen and oxygen atoms in total. The van der Waals surface area contributed by atoms with E-state index in [-0.39, 0.29) is 16.9 Å². The number of carbonyl (C=O) groups is 4. The van der Waals surface area contributed by atoms with Gasteiger partial charge in [-0.3, -0.25) is 19.2 Å². The van der Waals surface area contributed by atoms with Gasteiger partial charge in [-0.15, -0.1) is 0 Å². The molecule has 5 atom stereocenters. The highest BCUT2D eigenvalue weighted by atomic mass is 16.7. The molecule has 0 unspecified atom stereocenters. The van der Waals surface area contributed by atoms with Gasteiger partial charge < -0.3 is 40.3 Å². The summed E-state index contributed by atoms with van der Waals surface area (Å²) in [5.41, 5.74) is 6.14. The molecule has 1 saturated heterocycles. The Hall–Kier alpha value is -3.38. The molecule has 0 spiro atoms. The number of nitrogen functional groups attached to an aromatic ring is 2. The summed E-state index contributed by atoms with van der Waals surface area (Å²) in [6.07, 6.45) is -6.89. The van der Waals surface area contributed by atoms with Crippen molar-refractivity contribution < 1.29 is 48.0 Å². The zero-order valence-electron chi connectivity index (χ0n) is 28.0. The van der Waals surface area contributed by atoms with E-state index in [2.05, 4.69) is 0 Å². The summed E-state index contributed by atoms with van der Waals surface area (Å²) >= 11 is 0. The number of para-hydroxylation sites is 1. The Kier molecular flexibility index (Phi) is 10.5. The number of aliphatic hydroxyl groups is 1. The summed E-state index contributed by atoms with van der Waals surface area (Å²) in [4.78, 5) is 53.5. The molecule has 1 aromatic rings. The fraction of sp³-hybridized carbons (Fsp3) is 0.688. The fourth-order valence-electron chi connectivity index (χ4n) is 4.07. The van der Waals surface area contributed by atoms with E-state index in [1.807, 2.05) is 0 Å². The van der Waals surface area contributed by atoms with Crippen LogP contribution in [0.3, 0.4) is 0 Å². The number of nitrogens with two attached hydrogens (primary N) is 2. The van der Waals surface area contributed by atoms with Crippen LogP contribution in [0.5, 0.6) is 0 Å².